The van der Waals surface area contributed by atoms with Gasteiger partial charge in [-0.25, -0.2) is 15.0 Å². The molecule has 5 rings (SSSR count). The lowest BCUT2D eigenvalue weighted by Gasteiger charge is -2.18. The zero-order valence-electron chi connectivity index (χ0n) is 18.4. The predicted molar refractivity (Wildman–Crippen MR) is 131 cm³/mol. The van der Waals surface area contributed by atoms with Gasteiger partial charge in [-0.2, -0.15) is 0 Å². The van der Waals surface area contributed by atoms with Crippen LogP contribution < -0.4 is 10.2 Å². The van der Waals surface area contributed by atoms with Crippen LogP contribution in [0.4, 0.5) is 22.5 Å². The van der Waals surface area contributed by atoms with E-state index in [1.807, 2.05) is 24.1 Å². The van der Waals surface area contributed by atoms with Crippen LogP contribution in [0.5, 0.6) is 0 Å². The van der Waals surface area contributed by atoms with Crippen molar-refractivity contribution in [1.82, 2.24) is 19.9 Å². The number of aryl methyl sites for hydroxylation is 1. The van der Waals surface area contributed by atoms with E-state index in [4.69, 9.17) is 4.98 Å². The molecule has 33 heavy (non-hydrogen) atoms. The molecule has 0 bridgehead atoms. The number of carbonyl (C=O) groups excluding carboxylic acids is 1. The van der Waals surface area contributed by atoms with Gasteiger partial charge in [0.25, 0.3) is 5.91 Å². The van der Waals surface area contributed by atoms with Crippen LogP contribution >= 0.6 is 11.3 Å². The highest BCUT2D eigenvalue weighted by Crippen LogP contribution is 2.30. The van der Waals surface area contributed by atoms with Gasteiger partial charge in [0.15, 0.2) is 5.13 Å². The normalized spacial score (nSPS) is 15.7. The molecule has 1 saturated heterocycles. The number of carbonyl (C=O) groups is 1. The number of pyridine rings is 2. The number of aliphatic hydroxyl groups excluding tert-OH is 1. The van der Waals surface area contributed by atoms with Crippen LogP contribution in [0, 0.1) is 6.92 Å². The Hall–Kier alpha value is -3.56. The van der Waals surface area contributed by atoms with Crippen molar-refractivity contribution >= 4 is 50.0 Å². The average Bonchev–Trinajstić information content (AvgIpc) is 3.43. The predicted octanol–water partition coefficient (Wildman–Crippen LogP) is 4.11. The molecule has 8 nitrogen and oxygen atoms in total. The number of likely N-dealkylation sites (tertiary alicyclic amines) is 1. The highest BCUT2D eigenvalue weighted by atomic mass is 32.1. The molecule has 4 aromatic rings. The van der Waals surface area contributed by atoms with Crippen LogP contribution in [0.25, 0.3) is 10.3 Å². The molecule has 1 atom stereocenters. The number of aliphatic hydroxyl groups is 1. The fourth-order valence-corrected chi connectivity index (χ4v) is 4.64. The van der Waals surface area contributed by atoms with Gasteiger partial charge in [0.05, 0.1) is 6.10 Å². The highest BCUT2D eigenvalue weighted by Gasteiger charge is 2.25. The maximum absolute atomic E-state index is 12.7. The molecule has 0 radical (unpaired) electrons. The van der Waals surface area contributed by atoms with Crippen LogP contribution in [0.3, 0.4) is 0 Å². The Kier molecular flexibility index (Phi) is 5.65. The maximum atomic E-state index is 12.7. The number of nitrogens with zero attached hydrogens (tertiary/aromatic N) is 5. The second-order valence-corrected chi connectivity index (χ2v) is 9.13. The number of β-amino-alcohol motifs (C(OH)–C–C–N with tert-alkyl or cyclic N) is 1. The Bertz CT molecular complexity index is 1310. The maximum Gasteiger partial charge on any atom is 0.254 e. The van der Waals surface area contributed by atoms with E-state index < -0.39 is 6.10 Å². The van der Waals surface area contributed by atoms with Gasteiger partial charge in [0.2, 0.25) is 0 Å². The van der Waals surface area contributed by atoms with Gasteiger partial charge < -0.3 is 20.2 Å². The lowest BCUT2D eigenvalue weighted by molar-refractivity contribution is 0.0765. The first-order valence-corrected chi connectivity index (χ1v) is 11.6. The number of hydrogen-bond donors (Lipinski definition) is 2. The van der Waals surface area contributed by atoms with Crippen LogP contribution in [-0.4, -0.2) is 57.1 Å². The van der Waals surface area contributed by atoms with Gasteiger partial charge in [0, 0.05) is 37.6 Å². The molecule has 9 heteroatoms. The first-order chi connectivity index (χ1) is 16.0. The molecule has 1 aliphatic rings. The fourth-order valence-electron chi connectivity index (χ4n) is 3.80. The third kappa shape index (κ3) is 4.50. The third-order valence-electron chi connectivity index (χ3n) is 5.70. The second-order valence-electron chi connectivity index (χ2n) is 8.16. The van der Waals surface area contributed by atoms with Crippen molar-refractivity contribution in [3.63, 3.8) is 0 Å². The standard InChI is InChI=1S/C24H24N6O2S/c1-15-3-5-17(6-4-15)29(2)21-8-7-19-22(28-21)33-24(26-19)27-20-13-16(9-11-25-20)23(32)30-12-10-18(31)14-30/h3-9,11,13,18,31H,10,12,14H2,1-2H3,(H,25,26,27). The van der Waals surface area contributed by atoms with E-state index >= 15 is 0 Å². The van der Waals surface area contributed by atoms with Crippen molar-refractivity contribution in [3.8, 4) is 0 Å². The molecule has 1 fully saturated rings. The summed E-state index contributed by atoms with van der Waals surface area (Å²) >= 11 is 1.43. The molecule has 0 aliphatic carbocycles. The first kappa shape index (κ1) is 21.3. The molecular weight excluding hydrogens is 436 g/mol. The summed E-state index contributed by atoms with van der Waals surface area (Å²) in [7, 11) is 1.99. The largest absolute Gasteiger partial charge is 0.391 e. The van der Waals surface area contributed by atoms with Gasteiger partial charge in [-0.15, -0.1) is 0 Å². The zero-order valence-corrected chi connectivity index (χ0v) is 19.2. The van der Waals surface area contributed by atoms with Gasteiger partial charge >= 0.3 is 0 Å². The van der Waals surface area contributed by atoms with Gasteiger partial charge in [-0.05, 0) is 49.7 Å². The number of thiazole rings is 1. The summed E-state index contributed by atoms with van der Waals surface area (Å²) in [5, 5.41) is 13.6. The van der Waals surface area contributed by atoms with Crippen LogP contribution in [0.2, 0.25) is 0 Å². The molecule has 0 spiro atoms. The summed E-state index contributed by atoms with van der Waals surface area (Å²) in [6.45, 7) is 3.00. The molecule has 1 aliphatic heterocycles. The second kappa shape index (κ2) is 8.76. The molecular formula is C24H24N6O2S. The quantitative estimate of drug-likeness (QED) is 0.463. The van der Waals surface area contributed by atoms with Crippen LogP contribution in [-0.2, 0) is 0 Å². The smallest absolute Gasteiger partial charge is 0.254 e. The monoisotopic (exact) mass is 460 g/mol. The lowest BCUT2D eigenvalue weighted by atomic mass is 10.2. The number of fused-ring (bicyclic) bond motifs is 1. The van der Waals surface area contributed by atoms with E-state index in [0.29, 0.717) is 36.0 Å². The van der Waals surface area contributed by atoms with Crippen molar-refractivity contribution in [2.24, 2.45) is 0 Å². The molecule has 168 valence electrons. The number of hydrogen-bond acceptors (Lipinski definition) is 8. The summed E-state index contributed by atoms with van der Waals surface area (Å²) in [4.78, 5) is 30.9. The lowest BCUT2D eigenvalue weighted by Crippen LogP contribution is -2.29. The number of anilines is 4. The number of nitrogens with one attached hydrogen (secondary N) is 1. The van der Waals surface area contributed by atoms with Crippen LogP contribution in [0.15, 0.2) is 54.7 Å². The molecule has 1 amide bonds. The minimum atomic E-state index is -0.446. The topological polar surface area (TPSA) is 94.5 Å². The van der Waals surface area contributed by atoms with E-state index in [2.05, 4.69) is 46.5 Å². The average molecular weight is 461 g/mol. The molecule has 1 unspecified atom stereocenters. The summed E-state index contributed by atoms with van der Waals surface area (Å²) in [5.74, 6) is 1.27. The van der Waals surface area contributed by atoms with E-state index in [1.54, 1.807) is 23.2 Å². The molecule has 1 aromatic carbocycles. The Morgan fingerprint density at radius 2 is 2.00 bits per heavy atom. The first-order valence-electron chi connectivity index (χ1n) is 10.7. The molecule has 4 heterocycles. The summed E-state index contributed by atoms with van der Waals surface area (Å²) in [6, 6.07) is 15.6. The summed E-state index contributed by atoms with van der Waals surface area (Å²) in [6.07, 6.45) is 1.77. The highest BCUT2D eigenvalue weighted by molar-refractivity contribution is 7.21. The molecule has 3 aromatic heterocycles. The fraction of sp³-hybridized carbons (Fsp3) is 0.250. The van der Waals surface area contributed by atoms with E-state index in [1.165, 1.54) is 16.9 Å². The minimum absolute atomic E-state index is 0.105. The third-order valence-corrected chi connectivity index (χ3v) is 6.58. The number of amides is 1. The van der Waals surface area contributed by atoms with E-state index in [9.17, 15) is 9.90 Å². The van der Waals surface area contributed by atoms with E-state index in [-0.39, 0.29) is 5.91 Å². The van der Waals surface area contributed by atoms with Crippen molar-refractivity contribution in [3.05, 3.63) is 65.9 Å². The van der Waals surface area contributed by atoms with Crippen molar-refractivity contribution in [2.75, 3.05) is 30.4 Å². The van der Waals surface area contributed by atoms with Gasteiger partial charge in [-0.3, -0.25) is 4.79 Å². The number of aromatic nitrogens is 3. The summed E-state index contributed by atoms with van der Waals surface area (Å²) < 4.78 is 0. The Morgan fingerprint density at radius 3 is 2.76 bits per heavy atom. The van der Waals surface area contributed by atoms with E-state index in [0.717, 1.165) is 21.9 Å². The van der Waals surface area contributed by atoms with Crippen molar-refractivity contribution in [2.45, 2.75) is 19.4 Å². The summed E-state index contributed by atoms with van der Waals surface area (Å²) in [5.41, 5.74) is 3.60. The SMILES string of the molecule is Cc1ccc(N(C)c2ccc3nc(Nc4cc(C(=O)N5CCC(O)C5)ccn4)sc3n2)cc1. The molecule has 2 N–H and O–H groups in total. The number of rotatable bonds is 5. The molecule has 0 saturated carbocycles. The Labute approximate surface area is 195 Å². The van der Waals surface area contributed by atoms with Crippen LogP contribution in [0.1, 0.15) is 22.3 Å². The Morgan fingerprint density at radius 1 is 1.18 bits per heavy atom. The van der Waals surface area contributed by atoms with Crippen molar-refractivity contribution < 1.29 is 9.90 Å². The van der Waals surface area contributed by atoms with Gasteiger partial charge in [0.1, 0.15) is 22.0 Å². The van der Waals surface area contributed by atoms with Gasteiger partial charge in [-0.1, -0.05) is 29.0 Å². The number of benzene rings is 1. The minimum Gasteiger partial charge on any atom is -0.391 e. The Balaban J connectivity index is 1.34. The van der Waals surface area contributed by atoms with Crippen molar-refractivity contribution in [1.29, 1.82) is 0 Å². The zero-order chi connectivity index (χ0) is 22.9.